The van der Waals surface area contributed by atoms with Crippen molar-refractivity contribution >= 4 is 0 Å². The first-order chi connectivity index (χ1) is 12.5. The van der Waals surface area contributed by atoms with Gasteiger partial charge in [-0.3, -0.25) is 0 Å². The van der Waals surface area contributed by atoms with Crippen molar-refractivity contribution in [2.24, 2.45) is 5.41 Å². The van der Waals surface area contributed by atoms with Crippen LogP contribution in [0.3, 0.4) is 0 Å². The standard InChI is InChI=1S/C10F20/c11-2(9(25,26)27,10(28,29)30)1(8(22,23)24)3(12,13)5(16,17)7(20,21)6(18,19)4(1,14)15. The summed E-state index contributed by atoms with van der Waals surface area (Å²) in [5, 5.41) is 0. The molecule has 0 atom stereocenters. The highest BCUT2D eigenvalue weighted by Gasteiger charge is 3.12. The number of halogens is 20. The number of hydrogen-bond donors (Lipinski definition) is 0. The van der Waals surface area contributed by atoms with E-state index in [1.165, 1.54) is 0 Å². The Hall–Kier alpha value is -1.40. The molecule has 0 N–H and O–H groups in total. The van der Waals surface area contributed by atoms with Crippen molar-refractivity contribution in [1.29, 1.82) is 0 Å². The van der Waals surface area contributed by atoms with Crippen LogP contribution in [0.2, 0.25) is 0 Å². The highest BCUT2D eigenvalue weighted by molar-refractivity contribution is 5.34. The van der Waals surface area contributed by atoms with Crippen LogP contribution in [-0.4, -0.2) is 53.8 Å². The molecule has 0 amide bonds. The van der Waals surface area contributed by atoms with Crippen LogP contribution in [-0.2, 0) is 0 Å². The number of rotatable bonds is 1. The third kappa shape index (κ3) is 2.22. The third-order valence-electron chi connectivity index (χ3n) is 4.24. The minimum Gasteiger partial charge on any atom is -0.222 e. The van der Waals surface area contributed by atoms with Gasteiger partial charge in [0.15, 0.2) is 0 Å². The quantitative estimate of drug-likeness (QED) is 0.358. The zero-order valence-electron chi connectivity index (χ0n) is 12.6. The Morgan fingerprint density at radius 2 is 0.533 bits per heavy atom. The molecule has 0 aliphatic heterocycles. The van der Waals surface area contributed by atoms with E-state index in [1.807, 2.05) is 0 Å². The molecule has 0 aromatic rings. The van der Waals surface area contributed by atoms with Gasteiger partial charge in [-0.25, -0.2) is 4.39 Å². The molecule has 0 radical (unpaired) electrons. The van der Waals surface area contributed by atoms with E-state index in [4.69, 9.17) is 0 Å². The molecule has 20 heteroatoms. The molecule has 0 heterocycles. The molecule has 0 spiro atoms. The summed E-state index contributed by atoms with van der Waals surface area (Å²) in [4.78, 5) is 0. The largest absolute Gasteiger partial charge is 0.433 e. The van der Waals surface area contributed by atoms with Gasteiger partial charge in [0.05, 0.1) is 0 Å². The second-order valence-electron chi connectivity index (χ2n) is 5.77. The van der Waals surface area contributed by atoms with Gasteiger partial charge in [-0.2, -0.15) is 83.4 Å². The SMILES string of the molecule is FC(F)(F)C(F)(C(F)(F)F)C1(C(F)(F)F)C(F)(F)C(F)(F)C(F)(F)C(F)(F)C1(F)F. The molecule has 30 heavy (non-hydrogen) atoms. The van der Waals surface area contributed by atoms with Gasteiger partial charge in [0.2, 0.25) is 0 Å². The van der Waals surface area contributed by atoms with E-state index in [0.29, 0.717) is 0 Å². The van der Waals surface area contributed by atoms with E-state index in [-0.39, 0.29) is 0 Å². The monoisotopic (exact) mass is 500 g/mol. The molecule has 0 bridgehead atoms. The van der Waals surface area contributed by atoms with E-state index in [1.54, 1.807) is 0 Å². The van der Waals surface area contributed by atoms with Crippen LogP contribution in [0.25, 0.3) is 0 Å². The summed E-state index contributed by atoms with van der Waals surface area (Å²) in [7, 11) is 0. The molecule has 0 aromatic carbocycles. The summed E-state index contributed by atoms with van der Waals surface area (Å²) >= 11 is 0. The van der Waals surface area contributed by atoms with Crippen LogP contribution in [0.4, 0.5) is 87.8 Å². The van der Waals surface area contributed by atoms with E-state index >= 15 is 0 Å². The van der Waals surface area contributed by atoms with Crippen LogP contribution in [0.1, 0.15) is 0 Å². The Bertz CT molecular complexity index is 640. The van der Waals surface area contributed by atoms with Crippen molar-refractivity contribution in [2.45, 2.75) is 53.8 Å². The molecular formula is C10F20. The van der Waals surface area contributed by atoms with Gasteiger partial charge in [0, 0.05) is 0 Å². The lowest BCUT2D eigenvalue weighted by Gasteiger charge is -2.59. The van der Waals surface area contributed by atoms with Gasteiger partial charge in [-0.05, 0) is 0 Å². The van der Waals surface area contributed by atoms with E-state index in [2.05, 4.69) is 0 Å². The van der Waals surface area contributed by atoms with Crippen LogP contribution in [0.15, 0.2) is 0 Å². The first-order valence-electron chi connectivity index (χ1n) is 6.28. The fourth-order valence-corrected chi connectivity index (χ4v) is 2.83. The van der Waals surface area contributed by atoms with Crippen molar-refractivity contribution in [3.8, 4) is 0 Å². The molecule has 1 fully saturated rings. The molecule has 1 saturated carbocycles. The minimum atomic E-state index is -9.51. The lowest BCUT2D eigenvalue weighted by atomic mass is 9.54. The van der Waals surface area contributed by atoms with Crippen LogP contribution < -0.4 is 0 Å². The van der Waals surface area contributed by atoms with Crippen molar-refractivity contribution < 1.29 is 87.8 Å². The van der Waals surface area contributed by atoms with Crippen molar-refractivity contribution in [2.75, 3.05) is 0 Å². The van der Waals surface area contributed by atoms with Gasteiger partial charge in [0.25, 0.3) is 5.41 Å². The minimum absolute atomic E-state index is 8.39. The second-order valence-corrected chi connectivity index (χ2v) is 5.77. The van der Waals surface area contributed by atoms with Gasteiger partial charge >= 0.3 is 53.8 Å². The summed E-state index contributed by atoms with van der Waals surface area (Å²) in [5.41, 5.74) is -18.9. The molecule has 1 aliphatic carbocycles. The van der Waals surface area contributed by atoms with Gasteiger partial charge < -0.3 is 0 Å². The van der Waals surface area contributed by atoms with Crippen LogP contribution in [0.5, 0.6) is 0 Å². The summed E-state index contributed by atoms with van der Waals surface area (Å²) in [6, 6.07) is 0. The average Bonchev–Trinajstić information content (AvgIpc) is 2.41. The van der Waals surface area contributed by atoms with Crippen molar-refractivity contribution in [3.05, 3.63) is 0 Å². The second kappa shape index (κ2) is 5.69. The lowest BCUT2D eigenvalue weighted by molar-refractivity contribution is -0.566. The highest BCUT2D eigenvalue weighted by atomic mass is 19.4. The molecule has 1 aliphatic rings. The summed E-state index contributed by atoms with van der Waals surface area (Å²) in [5.74, 6) is -44.1. The third-order valence-corrected chi connectivity index (χ3v) is 4.24. The zero-order chi connectivity index (χ0) is 25.0. The fraction of sp³-hybridized carbons (Fsp3) is 1.00. The van der Waals surface area contributed by atoms with E-state index < -0.39 is 59.2 Å². The summed E-state index contributed by atoms with van der Waals surface area (Å²) in [6.07, 6.45) is -26.5. The summed E-state index contributed by atoms with van der Waals surface area (Å²) in [6.45, 7) is 0. The molecular weight excluding hydrogens is 500 g/mol. The Morgan fingerprint density at radius 3 is 0.700 bits per heavy atom. The van der Waals surface area contributed by atoms with Crippen molar-refractivity contribution in [3.63, 3.8) is 0 Å². The first kappa shape index (κ1) is 26.6. The van der Waals surface area contributed by atoms with Gasteiger partial charge in [0.1, 0.15) is 0 Å². The van der Waals surface area contributed by atoms with Crippen LogP contribution >= 0.6 is 0 Å². The maximum absolute atomic E-state index is 13.9. The Morgan fingerprint density at radius 1 is 0.333 bits per heavy atom. The molecule has 0 nitrogen and oxygen atoms in total. The lowest BCUT2D eigenvalue weighted by Crippen LogP contribution is -2.91. The Balaban J connectivity index is 4.62. The number of alkyl halides is 20. The predicted octanol–water partition coefficient (Wildman–Crippen LogP) is 6.56. The van der Waals surface area contributed by atoms with Gasteiger partial charge in [-0.1, -0.05) is 0 Å². The number of hydrogen-bond acceptors (Lipinski definition) is 0. The predicted molar refractivity (Wildman–Crippen MR) is 49.2 cm³/mol. The maximum Gasteiger partial charge on any atom is 0.433 e. The average molecular weight is 500 g/mol. The maximum atomic E-state index is 13.9. The van der Waals surface area contributed by atoms with Gasteiger partial charge in [-0.15, -0.1) is 0 Å². The normalized spacial score (nSPS) is 27.6. The molecule has 0 unspecified atom stereocenters. The summed E-state index contributed by atoms with van der Waals surface area (Å²) < 4.78 is 262. The van der Waals surface area contributed by atoms with E-state index in [0.717, 1.165) is 0 Å². The molecule has 180 valence electrons. The zero-order valence-corrected chi connectivity index (χ0v) is 12.6. The Labute approximate surface area is 148 Å². The highest BCUT2D eigenvalue weighted by Crippen LogP contribution is 2.81. The topological polar surface area (TPSA) is 0 Å². The Kier molecular flexibility index (Phi) is 5.05. The molecule has 0 aromatic heterocycles. The molecule has 0 saturated heterocycles. The van der Waals surface area contributed by atoms with Crippen LogP contribution in [0, 0.1) is 5.41 Å². The van der Waals surface area contributed by atoms with E-state index in [9.17, 15) is 87.8 Å². The fourth-order valence-electron chi connectivity index (χ4n) is 2.83. The molecule has 1 rings (SSSR count). The first-order valence-corrected chi connectivity index (χ1v) is 6.28. The van der Waals surface area contributed by atoms with Crippen molar-refractivity contribution in [1.82, 2.24) is 0 Å². The smallest absolute Gasteiger partial charge is 0.222 e.